The van der Waals surface area contributed by atoms with Crippen LogP contribution in [0, 0.1) is 0 Å². The number of carbonyl (C=O) groups is 1. The van der Waals surface area contributed by atoms with Crippen LogP contribution in [0.5, 0.6) is 0 Å². The van der Waals surface area contributed by atoms with Crippen LogP contribution in [0.25, 0.3) is 16.7 Å². The molecule has 0 radical (unpaired) electrons. The van der Waals surface area contributed by atoms with Gasteiger partial charge >= 0.3 is 0 Å². The maximum Gasteiger partial charge on any atom is 0.222 e. The summed E-state index contributed by atoms with van der Waals surface area (Å²) in [7, 11) is 0. The van der Waals surface area contributed by atoms with Crippen molar-refractivity contribution in [2.75, 3.05) is 36.4 Å². The first-order chi connectivity index (χ1) is 10.9. The zero-order valence-corrected chi connectivity index (χ0v) is 11.7. The number of hydrogen-bond acceptors (Lipinski definition) is 7. The summed E-state index contributed by atoms with van der Waals surface area (Å²) < 4.78 is 1.66. The SMILES string of the molecule is O=CNc1ccc2nc(N3CCNCC3)c3nnnn3c2c1. The second-order valence-corrected chi connectivity index (χ2v) is 5.05. The molecular weight excluding hydrogens is 284 g/mol. The van der Waals surface area contributed by atoms with Crippen LogP contribution in [0.4, 0.5) is 11.5 Å². The predicted molar refractivity (Wildman–Crippen MR) is 80.9 cm³/mol. The monoisotopic (exact) mass is 298 g/mol. The zero-order chi connectivity index (χ0) is 14.9. The summed E-state index contributed by atoms with van der Waals surface area (Å²) >= 11 is 0. The van der Waals surface area contributed by atoms with Crippen molar-refractivity contribution in [1.82, 2.24) is 30.3 Å². The van der Waals surface area contributed by atoms with Gasteiger partial charge in [-0.2, -0.15) is 4.52 Å². The van der Waals surface area contributed by atoms with Gasteiger partial charge in [-0.3, -0.25) is 4.79 Å². The van der Waals surface area contributed by atoms with E-state index in [1.165, 1.54) is 0 Å². The summed E-state index contributed by atoms with van der Waals surface area (Å²) in [5, 5.41) is 17.9. The second kappa shape index (κ2) is 5.19. The smallest absolute Gasteiger partial charge is 0.222 e. The standard InChI is InChI=1S/C13H14N8O/c22-8-15-9-1-2-10-11(7-9)21-13(17-18-19-21)12(16-10)20-5-3-14-4-6-20/h1-2,7-8,14H,3-6H2,(H,15,22). The summed E-state index contributed by atoms with van der Waals surface area (Å²) in [6, 6.07) is 5.47. The number of anilines is 2. The fourth-order valence-electron chi connectivity index (χ4n) is 2.69. The maximum absolute atomic E-state index is 10.6. The highest BCUT2D eigenvalue weighted by molar-refractivity contribution is 5.87. The number of piperazine rings is 1. The number of tetrazole rings is 1. The Hall–Kier alpha value is -2.81. The topological polar surface area (TPSA) is 100 Å². The molecule has 1 fully saturated rings. The first kappa shape index (κ1) is 12.9. The van der Waals surface area contributed by atoms with Crippen LogP contribution in [0.15, 0.2) is 18.2 Å². The van der Waals surface area contributed by atoms with E-state index in [0.29, 0.717) is 17.7 Å². The molecule has 1 aliphatic rings. The van der Waals surface area contributed by atoms with E-state index < -0.39 is 0 Å². The van der Waals surface area contributed by atoms with Gasteiger partial charge in [0.25, 0.3) is 0 Å². The molecule has 22 heavy (non-hydrogen) atoms. The van der Waals surface area contributed by atoms with E-state index in [1.807, 2.05) is 18.2 Å². The molecule has 0 saturated carbocycles. The van der Waals surface area contributed by atoms with Crippen LogP contribution < -0.4 is 15.5 Å². The van der Waals surface area contributed by atoms with Crippen LogP contribution in [-0.2, 0) is 4.79 Å². The van der Waals surface area contributed by atoms with E-state index in [4.69, 9.17) is 4.98 Å². The number of aromatic nitrogens is 5. The molecule has 1 aromatic carbocycles. The quantitative estimate of drug-likeness (QED) is 0.637. The van der Waals surface area contributed by atoms with Crippen molar-refractivity contribution in [2.45, 2.75) is 0 Å². The Balaban J connectivity index is 1.92. The van der Waals surface area contributed by atoms with Crippen molar-refractivity contribution in [3.05, 3.63) is 18.2 Å². The molecule has 4 rings (SSSR count). The molecule has 0 unspecified atom stereocenters. The number of rotatable bonds is 3. The highest BCUT2D eigenvalue weighted by atomic mass is 16.1. The van der Waals surface area contributed by atoms with Crippen molar-refractivity contribution >= 4 is 34.6 Å². The summed E-state index contributed by atoms with van der Waals surface area (Å²) in [5.74, 6) is 0.787. The minimum absolute atomic E-state index is 0.623. The molecule has 2 aromatic heterocycles. The fourth-order valence-corrected chi connectivity index (χ4v) is 2.69. The molecule has 1 amide bonds. The minimum Gasteiger partial charge on any atom is -0.351 e. The van der Waals surface area contributed by atoms with E-state index in [9.17, 15) is 4.79 Å². The van der Waals surface area contributed by atoms with Crippen LogP contribution in [0.3, 0.4) is 0 Å². The molecule has 0 atom stereocenters. The summed E-state index contributed by atoms with van der Waals surface area (Å²) in [5.41, 5.74) is 2.84. The first-order valence-electron chi connectivity index (χ1n) is 7.04. The molecule has 9 heteroatoms. The minimum atomic E-state index is 0.623. The summed E-state index contributed by atoms with van der Waals surface area (Å²) in [6.45, 7) is 3.56. The Kier molecular flexibility index (Phi) is 3.04. The van der Waals surface area contributed by atoms with Gasteiger partial charge in [0.05, 0.1) is 11.0 Å². The molecule has 0 aliphatic carbocycles. The third kappa shape index (κ3) is 2.02. The summed E-state index contributed by atoms with van der Waals surface area (Å²) in [4.78, 5) is 17.5. The van der Waals surface area contributed by atoms with E-state index in [1.54, 1.807) is 4.52 Å². The Bertz CT molecular complexity index is 839. The predicted octanol–water partition coefficient (Wildman–Crippen LogP) is -0.350. The first-order valence-corrected chi connectivity index (χ1v) is 7.04. The lowest BCUT2D eigenvalue weighted by molar-refractivity contribution is -0.105. The van der Waals surface area contributed by atoms with E-state index >= 15 is 0 Å². The Morgan fingerprint density at radius 2 is 2.14 bits per heavy atom. The van der Waals surface area contributed by atoms with Gasteiger partial charge in [0.1, 0.15) is 0 Å². The molecule has 3 aromatic rings. The van der Waals surface area contributed by atoms with E-state index in [-0.39, 0.29) is 0 Å². The normalized spacial score (nSPS) is 15.4. The van der Waals surface area contributed by atoms with Crippen molar-refractivity contribution in [2.24, 2.45) is 0 Å². The van der Waals surface area contributed by atoms with Gasteiger partial charge in [-0.25, -0.2) is 4.98 Å². The molecule has 1 saturated heterocycles. The molecule has 2 N–H and O–H groups in total. The van der Waals surface area contributed by atoms with E-state index in [0.717, 1.165) is 43.0 Å². The van der Waals surface area contributed by atoms with Gasteiger partial charge < -0.3 is 15.5 Å². The number of benzene rings is 1. The maximum atomic E-state index is 10.6. The summed E-state index contributed by atoms with van der Waals surface area (Å²) in [6.07, 6.45) is 0.639. The Morgan fingerprint density at radius 3 is 2.95 bits per heavy atom. The van der Waals surface area contributed by atoms with Crippen molar-refractivity contribution in [3.63, 3.8) is 0 Å². The van der Waals surface area contributed by atoms with Crippen LogP contribution >= 0.6 is 0 Å². The highest BCUT2D eigenvalue weighted by Crippen LogP contribution is 2.24. The molecule has 1 aliphatic heterocycles. The third-order valence-electron chi connectivity index (χ3n) is 3.74. The lowest BCUT2D eigenvalue weighted by Crippen LogP contribution is -2.44. The van der Waals surface area contributed by atoms with Crippen molar-refractivity contribution < 1.29 is 4.79 Å². The Morgan fingerprint density at radius 1 is 1.27 bits per heavy atom. The largest absolute Gasteiger partial charge is 0.351 e. The average molecular weight is 298 g/mol. The molecule has 0 bridgehead atoms. The molecule has 112 valence electrons. The molecule has 9 nitrogen and oxygen atoms in total. The van der Waals surface area contributed by atoms with Crippen molar-refractivity contribution in [1.29, 1.82) is 0 Å². The third-order valence-corrected chi connectivity index (χ3v) is 3.74. The Labute approximate surface area is 125 Å². The van der Waals surface area contributed by atoms with Gasteiger partial charge in [0.2, 0.25) is 12.1 Å². The van der Waals surface area contributed by atoms with Crippen LogP contribution in [-0.4, -0.2) is 57.6 Å². The van der Waals surface area contributed by atoms with Gasteiger partial charge in [-0.15, -0.1) is 5.10 Å². The highest BCUT2D eigenvalue weighted by Gasteiger charge is 2.19. The lowest BCUT2D eigenvalue weighted by atomic mass is 10.2. The second-order valence-electron chi connectivity index (χ2n) is 5.05. The van der Waals surface area contributed by atoms with Gasteiger partial charge in [0, 0.05) is 31.9 Å². The number of fused-ring (bicyclic) bond motifs is 3. The number of nitrogens with zero attached hydrogens (tertiary/aromatic N) is 6. The zero-order valence-electron chi connectivity index (χ0n) is 11.7. The lowest BCUT2D eigenvalue weighted by Gasteiger charge is -2.28. The van der Waals surface area contributed by atoms with Gasteiger partial charge in [-0.1, -0.05) is 0 Å². The number of nitrogens with one attached hydrogen (secondary N) is 2. The van der Waals surface area contributed by atoms with Gasteiger partial charge in [0.15, 0.2) is 5.82 Å². The average Bonchev–Trinajstić information content (AvgIpc) is 3.05. The van der Waals surface area contributed by atoms with Crippen LogP contribution in [0.2, 0.25) is 0 Å². The fraction of sp³-hybridized carbons (Fsp3) is 0.308. The molecule has 3 heterocycles. The molecule has 0 spiro atoms. The van der Waals surface area contributed by atoms with E-state index in [2.05, 4.69) is 31.1 Å². The van der Waals surface area contributed by atoms with Crippen LogP contribution in [0.1, 0.15) is 0 Å². The number of carbonyl (C=O) groups excluding carboxylic acids is 1. The molecular formula is C13H14N8O. The number of amides is 1. The van der Waals surface area contributed by atoms with Gasteiger partial charge in [-0.05, 0) is 28.6 Å². The van der Waals surface area contributed by atoms with Crippen molar-refractivity contribution in [3.8, 4) is 0 Å². The number of hydrogen-bond donors (Lipinski definition) is 2.